The van der Waals surface area contributed by atoms with E-state index in [0.717, 1.165) is 0 Å². The summed E-state index contributed by atoms with van der Waals surface area (Å²) in [4.78, 5) is 12.0. The van der Waals surface area contributed by atoms with Crippen molar-refractivity contribution in [3.63, 3.8) is 0 Å². The number of halogens is 1. The molecule has 0 unspecified atom stereocenters. The Morgan fingerprint density at radius 2 is 1.78 bits per heavy atom. The SMILES string of the molecule is C[C@@H](CNC(=O)C[C@H](N)Cc1ccccc1F)c1ccccc1. The number of nitrogens with two attached hydrogens (primary N) is 1. The number of carbonyl (C=O) groups is 1. The smallest absolute Gasteiger partial charge is 0.221 e. The first-order valence-electron chi connectivity index (χ1n) is 7.87. The molecule has 2 rings (SSSR count). The second-order valence-corrected chi connectivity index (χ2v) is 5.88. The molecule has 23 heavy (non-hydrogen) atoms. The van der Waals surface area contributed by atoms with E-state index in [0.29, 0.717) is 18.5 Å². The number of benzene rings is 2. The van der Waals surface area contributed by atoms with E-state index in [4.69, 9.17) is 5.73 Å². The normalized spacial score (nSPS) is 13.3. The summed E-state index contributed by atoms with van der Waals surface area (Å²) in [5.74, 6) is -0.138. The first-order chi connectivity index (χ1) is 11.1. The van der Waals surface area contributed by atoms with Crippen LogP contribution in [0.2, 0.25) is 0 Å². The highest BCUT2D eigenvalue weighted by atomic mass is 19.1. The molecule has 0 aliphatic heterocycles. The Labute approximate surface area is 136 Å². The second-order valence-electron chi connectivity index (χ2n) is 5.88. The lowest BCUT2D eigenvalue weighted by atomic mass is 10.0. The number of carbonyl (C=O) groups excluding carboxylic acids is 1. The maximum absolute atomic E-state index is 13.6. The molecule has 4 heteroatoms. The third kappa shape index (κ3) is 5.49. The Bertz CT molecular complexity index is 630. The van der Waals surface area contributed by atoms with E-state index in [9.17, 15) is 9.18 Å². The van der Waals surface area contributed by atoms with E-state index in [2.05, 4.69) is 12.2 Å². The standard InChI is InChI=1S/C19H23FN2O/c1-14(15-7-3-2-4-8-15)13-22-19(23)12-17(21)11-16-9-5-6-10-18(16)20/h2-10,14,17H,11-13,21H2,1H3,(H,22,23)/t14-,17+/m0/s1. The van der Waals surface area contributed by atoms with Gasteiger partial charge in [0.2, 0.25) is 5.91 Å². The highest BCUT2D eigenvalue weighted by molar-refractivity contribution is 5.76. The largest absolute Gasteiger partial charge is 0.355 e. The van der Waals surface area contributed by atoms with Gasteiger partial charge in [-0.25, -0.2) is 4.39 Å². The number of nitrogens with one attached hydrogen (secondary N) is 1. The predicted octanol–water partition coefficient (Wildman–Crippen LogP) is 3.01. The molecule has 0 aliphatic carbocycles. The molecule has 0 bridgehead atoms. The van der Waals surface area contributed by atoms with Crippen molar-refractivity contribution in [3.05, 3.63) is 71.5 Å². The van der Waals surface area contributed by atoms with Crippen molar-refractivity contribution in [3.8, 4) is 0 Å². The van der Waals surface area contributed by atoms with Gasteiger partial charge in [0, 0.05) is 19.0 Å². The minimum atomic E-state index is -0.390. The molecule has 0 radical (unpaired) electrons. The fraction of sp³-hybridized carbons (Fsp3) is 0.316. The molecule has 2 atom stereocenters. The molecule has 0 heterocycles. The van der Waals surface area contributed by atoms with Crippen LogP contribution in [0.15, 0.2) is 54.6 Å². The summed E-state index contributed by atoms with van der Waals surface area (Å²) in [5, 5.41) is 2.90. The lowest BCUT2D eigenvalue weighted by Gasteiger charge is -2.15. The molecular formula is C19H23FN2O. The van der Waals surface area contributed by atoms with E-state index in [1.54, 1.807) is 18.2 Å². The summed E-state index contributed by atoms with van der Waals surface area (Å²) >= 11 is 0. The third-order valence-corrected chi connectivity index (χ3v) is 3.86. The van der Waals surface area contributed by atoms with Gasteiger partial charge < -0.3 is 11.1 Å². The minimum Gasteiger partial charge on any atom is -0.355 e. The average molecular weight is 314 g/mol. The molecular weight excluding hydrogens is 291 g/mol. The number of hydrogen-bond donors (Lipinski definition) is 2. The van der Waals surface area contributed by atoms with Crippen molar-refractivity contribution < 1.29 is 9.18 Å². The van der Waals surface area contributed by atoms with Gasteiger partial charge in [0.25, 0.3) is 0 Å². The van der Waals surface area contributed by atoms with Crippen molar-refractivity contribution in [2.24, 2.45) is 5.73 Å². The van der Waals surface area contributed by atoms with Crippen LogP contribution in [0.25, 0.3) is 0 Å². The van der Waals surface area contributed by atoms with Gasteiger partial charge in [-0.15, -0.1) is 0 Å². The molecule has 1 amide bonds. The summed E-state index contributed by atoms with van der Waals surface area (Å²) in [7, 11) is 0. The molecule has 0 aliphatic rings. The molecule has 0 saturated carbocycles. The molecule has 3 nitrogen and oxygen atoms in total. The number of hydrogen-bond acceptors (Lipinski definition) is 2. The molecule has 3 N–H and O–H groups in total. The van der Waals surface area contributed by atoms with E-state index < -0.39 is 0 Å². The molecule has 0 saturated heterocycles. The first-order valence-corrected chi connectivity index (χ1v) is 7.87. The van der Waals surface area contributed by atoms with Gasteiger partial charge in [-0.3, -0.25) is 4.79 Å². The third-order valence-electron chi connectivity index (χ3n) is 3.86. The van der Waals surface area contributed by atoms with Gasteiger partial charge >= 0.3 is 0 Å². The monoisotopic (exact) mass is 314 g/mol. The van der Waals surface area contributed by atoms with Crippen LogP contribution < -0.4 is 11.1 Å². The molecule has 0 fully saturated rings. The summed E-state index contributed by atoms with van der Waals surface area (Å²) in [5.41, 5.74) is 7.70. The van der Waals surface area contributed by atoms with Gasteiger partial charge in [-0.2, -0.15) is 0 Å². The van der Waals surface area contributed by atoms with Crippen LogP contribution in [0.4, 0.5) is 4.39 Å². The second kappa shape index (κ2) is 8.44. The Balaban J connectivity index is 1.77. The van der Waals surface area contributed by atoms with E-state index in [-0.39, 0.29) is 30.1 Å². The van der Waals surface area contributed by atoms with Crippen LogP contribution in [0.1, 0.15) is 30.4 Å². The van der Waals surface area contributed by atoms with Gasteiger partial charge in [0.05, 0.1) is 0 Å². The number of amides is 1. The predicted molar refractivity (Wildman–Crippen MR) is 90.6 cm³/mol. The Hall–Kier alpha value is -2.20. The van der Waals surface area contributed by atoms with Crippen LogP contribution in [0.3, 0.4) is 0 Å². The van der Waals surface area contributed by atoms with Crippen LogP contribution in [0.5, 0.6) is 0 Å². The number of rotatable bonds is 7. The maximum Gasteiger partial charge on any atom is 0.221 e. The van der Waals surface area contributed by atoms with E-state index in [1.807, 2.05) is 30.3 Å². The molecule has 0 aromatic heterocycles. The molecule has 0 spiro atoms. The van der Waals surface area contributed by atoms with E-state index >= 15 is 0 Å². The van der Waals surface area contributed by atoms with Crippen LogP contribution >= 0.6 is 0 Å². The van der Waals surface area contributed by atoms with Crippen molar-refractivity contribution in [1.82, 2.24) is 5.32 Å². The van der Waals surface area contributed by atoms with Crippen molar-refractivity contribution in [2.75, 3.05) is 6.54 Å². The Morgan fingerprint density at radius 1 is 1.13 bits per heavy atom. The van der Waals surface area contributed by atoms with Gasteiger partial charge in [-0.1, -0.05) is 55.5 Å². The summed E-state index contributed by atoms with van der Waals surface area (Å²) in [6.07, 6.45) is 0.546. The van der Waals surface area contributed by atoms with Crippen molar-refractivity contribution in [2.45, 2.75) is 31.7 Å². The summed E-state index contributed by atoms with van der Waals surface area (Å²) in [6.45, 7) is 2.63. The highest BCUT2D eigenvalue weighted by Crippen LogP contribution is 2.13. The average Bonchev–Trinajstić information content (AvgIpc) is 2.55. The lowest BCUT2D eigenvalue weighted by Crippen LogP contribution is -2.34. The van der Waals surface area contributed by atoms with E-state index in [1.165, 1.54) is 11.6 Å². The fourth-order valence-corrected chi connectivity index (χ4v) is 2.50. The fourth-order valence-electron chi connectivity index (χ4n) is 2.50. The van der Waals surface area contributed by atoms with Crippen LogP contribution in [-0.2, 0) is 11.2 Å². The first kappa shape index (κ1) is 17.2. The van der Waals surface area contributed by atoms with Crippen LogP contribution in [0, 0.1) is 5.82 Å². The molecule has 122 valence electrons. The van der Waals surface area contributed by atoms with Gasteiger partial charge in [0.15, 0.2) is 0 Å². The zero-order valence-corrected chi connectivity index (χ0v) is 13.3. The zero-order chi connectivity index (χ0) is 16.7. The Kier molecular flexibility index (Phi) is 6.29. The summed E-state index contributed by atoms with van der Waals surface area (Å²) < 4.78 is 13.6. The van der Waals surface area contributed by atoms with Gasteiger partial charge in [-0.05, 0) is 29.5 Å². The maximum atomic E-state index is 13.6. The van der Waals surface area contributed by atoms with Crippen molar-refractivity contribution in [1.29, 1.82) is 0 Å². The van der Waals surface area contributed by atoms with Gasteiger partial charge in [0.1, 0.15) is 5.82 Å². The minimum absolute atomic E-state index is 0.100. The van der Waals surface area contributed by atoms with Crippen LogP contribution in [-0.4, -0.2) is 18.5 Å². The topological polar surface area (TPSA) is 55.1 Å². The zero-order valence-electron chi connectivity index (χ0n) is 13.3. The Morgan fingerprint density at radius 3 is 2.48 bits per heavy atom. The quantitative estimate of drug-likeness (QED) is 0.825. The lowest BCUT2D eigenvalue weighted by molar-refractivity contribution is -0.121. The molecule has 2 aromatic carbocycles. The van der Waals surface area contributed by atoms with Crippen molar-refractivity contribution >= 4 is 5.91 Å². The highest BCUT2D eigenvalue weighted by Gasteiger charge is 2.13. The molecule has 2 aromatic rings. The summed E-state index contributed by atoms with van der Waals surface area (Å²) in [6, 6.07) is 16.1.